The molecule has 1 aromatic rings. The van der Waals surface area contributed by atoms with Gasteiger partial charge in [-0.05, 0) is 12.1 Å². The van der Waals surface area contributed by atoms with Crippen LogP contribution < -0.4 is 4.90 Å². The largest absolute Gasteiger partial charge is 0.371 e. The molecule has 0 aromatic carbocycles. The molecule has 0 aliphatic carbocycles. The predicted molar refractivity (Wildman–Crippen MR) is 49.8 cm³/mol. The quantitative estimate of drug-likeness (QED) is 0.639. The highest BCUT2D eigenvalue weighted by atomic mass is 16.5. The molecule has 3 heteroatoms. The van der Waals surface area contributed by atoms with Crippen LogP contribution in [0.15, 0.2) is 24.5 Å². The third kappa shape index (κ3) is 1.04. The molecule has 3 rings (SSSR count). The lowest BCUT2D eigenvalue weighted by atomic mass is 9.86. The van der Waals surface area contributed by atoms with E-state index < -0.39 is 0 Å². The molecule has 3 nitrogen and oxygen atoms in total. The minimum absolute atomic E-state index is 0.225. The number of aromatic nitrogens is 1. The van der Waals surface area contributed by atoms with E-state index in [9.17, 15) is 0 Å². The first-order valence-corrected chi connectivity index (χ1v) is 4.67. The van der Waals surface area contributed by atoms with Crippen LogP contribution >= 0.6 is 0 Å². The van der Waals surface area contributed by atoms with Gasteiger partial charge in [-0.15, -0.1) is 0 Å². The molecule has 0 saturated carbocycles. The monoisotopic (exact) mass is 176 g/mol. The highest BCUT2D eigenvalue weighted by Gasteiger charge is 2.49. The van der Waals surface area contributed by atoms with E-state index in [2.05, 4.69) is 9.88 Å². The number of ether oxygens (including phenoxy) is 1. The highest BCUT2D eigenvalue weighted by molar-refractivity contribution is 5.49. The van der Waals surface area contributed by atoms with Gasteiger partial charge in [0.25, 0.3) is 0 Å². The van der Waals surface area contributed by atoms with Crippen LogP contribution in [0.1, 0.15) is 6.42 Å². The van der Waals surface area contributed by atoms with Crippen molar-refractivity contribution in [1.82, 2.24) is 4.98 Å². The Kier molecular flexibility index (Phi) is 1.38. The number of rotatable bonds is 1. The smallest absolute Gasteiger partial charge is 0.105 e. The average Bonchev–Trinajstić information content (AvgIpc) is 2.01. The van der Waals surface area contributed by atoms with Gasteiger partial charge in [0.15, 0.2) is 0 Å². The number of nitrogens with zero attached hydrogens (tertiary/aromatic N) is 2. The van der Waals surface area contributed by atoms with Crippen molar-refractivity contribution in [2.75, 3.05) is 24.6 Å². The summed E-state index contributed by atoms with van der Waals surface area (Å²) in [5.74, 6) is 0. The molecular formula is C10H12N2O. The van der Waals surface area contributed by atoms with Crippen molar-refractivity contribution in [3.8, 4) is 0 Å². The topological polar surface area (TPSA) is 25.4 Å². The molecule has 0 N–H and O–H groups in total. The van der Waals surface area contributed by atoms with Gasteiger partial charge in [0.2, 0.25) is 0 Å². The van der Waals surface area contributed by atoms with E-state index in [-0.39, 0.29) is 5.60 Å². The first-order chi connectivity index (χ1) is 6.38. The molecule has 0 amide bonds. The lowest BCUT2D eigenvalue weighted by Gasteiger charge is -2.56. The number of pyridine rings is 1. The Morgan fingerprint density at radius 3 is 2.54 bits per heavy atom. The fraction of sp³-hybridized carbons (Fsp3) is 0.500. The van der Waals surface area contributed by atoms with Crippen molar-refractivity contribution in [2.24, 2.45) is 0 Å². The Morgan fingerprint density at radius 2 is 2.00 bits per heavy atom. The highest BCUT2D eigenvalue weighted by Crippen LogP contribution is 2.38. The summed E-state index contributed by atoms with van der Waals surface area (Å²) < 4.78 is 5.55. The molecule has 0 bridgehead atoms. The van der Waals surface area contributed by atoms with E-state index in [0.717, 1.165) is 19.7 Å². The maximum atomic E-state index is 5.55. The third-order valence-electron chi connectivity index (χ3n) is 2.95. The first-order valence-electron chi connectivity index (χ1n) is 4.67. The zero-order valence-electron chi connectivity index (χ0n) is 7.44. The molecule has 0 unspecified atom stereocenters. The van der Waals surface area contributed by atoms with Gasteiger partial charge in [0.1, 0.15) is 5.60 Å². The molecule has 2 aliphatic rings. The van der Waals surface area contributed by atoms with Gasteiger partial charge in [0.05, 0.1) is 6.61 Å². The van der Waals surface area contributed by atoms with Crippen LogP contribution in [0.4, 0.5) is 5.69 Å². The van der Waals surface area contributed by atoms with E-state index in [0.29, 0.717) is 0 Å². The van der Waals surface area contributed by atoms with Crippen LogP contribution in [0.5, 0.6) is 0 Å². The minimum Gasteiger partial charge on any atom is -0.371 e. The number of anilines is 1. The molecule has 0 atom stereocenters. The van der Waals surface area contributed by atoms with E-state index in [1.54, 1.807) is 0 Å². The summed E-state index contributed by atoms with van der Waals surface area (Å²) in [6, 6.07) is 4.09. The second-order valence-electron chi connectivity index (χ2n) is 3.84. The molecule has 2 saturated heterocycles. The fourth-order valence-electron chi connectivity index (χ4n) is 2.03. The van der Waals surface area contributed by atoms with E-state index in [4.69, 9.17) is 4.74 Å². The molecule has 1 spiro atoms. The van der Waals surface area contributed by atoms with Gasteiger partial charge in [-0.25, -0.2) is 0 Å². The van der Waals surface area contributed by atoms with Crippen LogP contribution in [0.25, 0.3) is 0 Å². The van der Waals surface area contributed by atoms with Gasteiger partial charge >= 0.3 is 0 Å². The summed E-state index contributed by atoms with van der Waals surface area (Å²) in [6.07, 6.45) is 4.90. The van der Waals surface area contributed by atoms with Crippen molar-refractivity contribution in [3.63, 3.8) is 0 Å². The summed E-state index contributed by atoms with van der Waals surface area (Å²) in [7, 11) is 0. The summed E-state index contributed by atoms with van der Waals surface area (Å²) in [5, 5.41) is 0. The van der Waals surface area contributed by atoms with Crippen molar-refractivity contribution < 1.29 is 4.74 Å². The summed E-state index contributed by atoms with van der Waals surface area (Å²) in [6.45, 7) is 3.05. The van der Waals surface area contributed by atoms with Crippen molar-refractivity contribution in [2.45, 2.75) is 12.0 Å². The molecule has 3 heterocycles. The van der Waals surface area contributed by atoms with E-state index in [1.807, 2.05) is 24.5 Å². The summed E-state index contributed by atoms with van der Waals surface area (Å²) in [5.41, 5.74) is 1.49. The van der Waals surface area contributed by atoms with Crippen LogP contribution in [0, 0.1) is 0 Å². The Bertz CT molecular complexity index is 300. The second kappa shape index (κ2) is 2.45. The standard InChI is InChI=1S/C10H12N2O/c1-4-11-5-2-9(1)12-7-10(8-12)3-6-13-10/h1-2,4-5H,3,6-8H2. The molecule has 68 valence electrons. The minimum atomic E-state index is 0.225. The van der Waals surface area contributed by atoms with E-state index >= 15 is 0 Å². The molecule has 2 fully saturated rings. The Labute approximate surface area is 77.3 Å². The molecular weight excluding hydrogens is 164 g/mol. The van der Waals surface area contributed by atoms with Crippen LogP contribution in [-0.2, 0) is 4.74 Å². The lowest BCUT2D eigenvalue weighted by Crippen LogP contribution is -2.68. The molecule has 0 radical (unpaired) electrons. The van der Waals surface area contributed by atoms with Gasteiger partial charge in [-0.2, -0.15) is 0 Å². The number of hydrogen-bond donors (Lipinski definition) is 0. The van der Waals surface area contributed by atoms with Crippen molar-refractivity contribution in [3.05, 3.63) is 24.5 Å². The Morgan fingerprint density at radius 1 is 1.31 bits per heavy atom. The zero-order valence-corrected chi connectivity index (χ0v) is 7.44. The van der Waals surface area contributed by atoms with Crippen LogP contribution in [-0.4, -0.2) is 30.3 Å². The molecule has 1 aromatic heterocycles. The zero-order chi connectivity index (χ0) is 8.73. The number of hydrogen-bond acceptors (Lipinski definition) is 3. The van der Waals surface area contributed by atoms with Crippen molar-refractivity contribution >= 4 is 5.69 Å². The van der Waals surface area contributed by atoms with Gasteiger partial charge in [-0.1, -0.05) is 0 Å². The van der Waals surface area contributed by atoms with Crippen molar-refractivity contribution in [1.29, 1.82) is 0 Å². The van der Waals surface area contributed by atoms with Crippen LogP contribution in [0.2, 0.25) is 0 Å². The van der Waals surface area contributed by atoms with Gasteiger partial charge in [0, 0.05) is 37.6 Å². The van der Waals surface area contributed by atoms with Gasteiger partial charge < -0.3 is 9.64 Å². The molecule has 2 aliphatic heterocycles. The normalized spacial score (nSPS) is 23.8. The van der Waals surface area contributed by atoms with Gasteiger partial charge in [-0.3, -0.25) is 4.98 Å². The van der Waals surface area contributed by atoms with Crippen LogP contribution in [0.3, 0.4) is 0 Å². The Balaban J connectivity index is 1.71. The summed E-state index contributed by atoms with van der Waals surface area (Å²) >= 11 is 0. The predicted octanol–water partition coefficient (Wildman–Crippen LogP) is 1.06. The maximum Gasteiger partial charge on any atom is 0.105 e. The SMILES string of the molecule is c1cc(N2CC3(CCO3)C2)ccn1. The molecule has 13 heavy (non-hydrogen) atoms. The lowest BCUT2D eigenvalue weighted by molar-refractivity contribution is -0.160. The Hall–Kier alpha value is -1.09. The van der Waals surface area contributed by atoms with E-state index in [1.165, 1.54) is 12.1 Å². The first kappa shape index (κ1) is 7.33. The summed E-state index contributed by atoms with van der Waals surface area (Å²) in [4.78, 5) is 6.33. The fourth-order valence-corrected chi connectivity index (χ4v) is 2.03. The third-order valence-corrected chi connectivity index (χ3v) is 2.95. The average molecular weight is 176 g/mol. The maximum absolute atomic E-state index is 5.55. The second-order valence-corrected chi connectivity index (χ2v) is 3.84.